The van der Waals surface area contributed by atoms with E-state index in [1.54, 1.807) is 72.8 Å². The quantitative estimate of drug-likeness (QED) is 0.113. The third-order valence-corrected chi connectivity index (χ3v) is 7.80. The molecule has 1 unspecified atom stereocenters. The molecule has 3 N–H and O–H groups in total. The number of nitrogens with one attached hydrogen (secondary N) is 3. The van der Waals surface area contributed by atoms with Gasteiger partial charge in [0.05, 0.1) is 17.5 Å². The minimum absolute atomic E-state index is 0.0630. The van der Waals surface area contributed by atoms with Gasteiger partial charge in [-0.05, 0) is 79.6 Å². The maximum atomic E-state index is 13.4. The van der Waals surface area contributed by atoms with Gasteiger partial charge in [-0.3, -0.25) is 14.4 Å². The van der Waals surface area contributed by atoms with Crippen LogP contribution < -0.4 is 20.7 Å². The van der Waals surface area contributed by atoms with Crippen molar-refractivity contribution in [1.82, 2.24) is 5.32 Å². The minimum Gasteiger partial charge on any atom is -0.492 e. The fourth-order valence-electron chi connectivity index (χ4n) is 4.06. The van der Waals surface area contributed by atoms with Gasteiger partial charge in [0.1, 0.15) is 11.4 Å². The summed E-state index contributed by atoms with van der Waals surface area (Å²) < 4.78 is 5.63. The number of amides is 3. The lowest BCUT2D eigenvalue weighted by atomic mass is 10.1. The van der Waals surface area contributed by atoms with E-state index in [1.165, 1.54) is 11.8 Å². The van der Waals surface area contributed by atoms with Crippen LogP contribution in [-0.4, -0.2) is 29.6 Å². The van der Waals surface area contributed by atoms with E-state index >= 15 is 0 Å². The molecule has 0 heterocycles. The molecule has 0 fully saturated rings. The van der Waals surface area contributed by atoms with Crippen molar-refractivity contribution in [3.05, 3.63) is 125 Å². The van der Waals surface area contributed by atoms with Gasteiger partial charge in [-0.25, -0.2) is 0 Å². The molecule has 0 bridgehead atoms. The standard InChI is InChI=1S/C34H32ClN3O4S/c1-3-31(34(41)37-28-15-8-9-16-30(28)42-4-2)43-27-14-10-13-26(22-27)36-33(40)29(21-23-17-19-25(35)20-18-23)38-32(39)24-11-6-5-7-12-24/h5-22,31H,3-4H2,1-2H3,(H,36,40)(H,37,41)(H,38,39)/b29-21+. The molecule has 0 aliphatic heterocycles. The fraction of sp³-hybridized carbons (Fsp3) is 0.147. The Bertz CT molecular complexity index is 1590. The predicted octanol–water partition coefficient (Wildman–Crippen LogP) is 7.66. The number of hydrogen-bond acceptors (Lipinski definition) is 5. The van der Waals surface area contributed by atoms with Crippen molar-refractivity contribution in [2.45, 2.75) is 30.4 Å². The number of anilines is 2. The highest BCUT2D eigenvalue weighted by molar-refractivity contribution is 8.00. The Morgan fingerprint density at radius 1 is 0.860 bits per heavy atom. The first-order chi connectivity index (χ1) is 20.9. The largest absolute Gasteiger partial charge is 0.492 e. The molecule has 4 aromatic rings. The van der Waals surface area contributed by atoms with Gasteiger partial charge < -0.3 is 20.7 Å². The number of thioether (sulfide) groups is 1. The molecule has 4 aromatic carbocycles. The smallest absolute Gasteiger partial charge is 0.272 e. The van der Waals surface area contributed by atoms with E-state index < -0.39 is 11.8 Å². The summed E-state index contributed by atoms with van der Waals surface area (Å²) in [7, 11) is 0. The summed E-state index contributed by atoms with van der Waals surface area (Å²) in [4.78, 5) is 40.3. The molecule has 9 heteroatoms. The number of carbonyl (C=O) groups excluding carboxylic acids is 3. The molecule has 1 atom stereocenters. The number of rotatable bonds is 12. The average Bonchev–Trinajstić information content (AvgIpc) is 3.02. The molecule has 0 saturated heterocycles. The molecule has 0 aromatic heterocycles. The molecule has 220 valence electrons. The zero-order valence-electron chi connectivity index (χ0n) is 23.8. The normalized spacial score (nSPS) is 11.7. The van der Waals surface area contributed by atoms with Crippen molar-refractivity contribution in [2.24, 2.45) is 0 Å². The van der Waals surface area contributed by atoms with Crippen LogP contribution in [0.1, 0.15) is 36.2 Å². The first-order valence-electron chi connectivity index (χ1n) is 13.8. The second-order valence-corrected chi connectivity index (χ2v) is 11.1. The molecule has 0 aliphatic carbocycles. The van der Waals surface area contributed by atoms with Crippen molar-refractivity contribution in [2.75, 3.05) is 17.2 Å². The van der Waals surface area contributed by atoms with Crippen molar-refractivity contribution in [1.29, 1.82) is 0 Å². The molecule has 0 saturated carbocycles. The molecule has 0 spiro atoms. The van der Waals surface area contributed by atoms with Crippen molar-refractivity contribution >= 4 is 58.5 Å². The number of benzene rings is 4. The Morgan fingerprint density at radius 3 is 2.30 bits per heavy atom. The first kappa shape index (κ1) is 31.4. The van der Waals surface area contributed by atoms with E-state index in [4.69, 9.17) is 16.3 Å². The zero-order valence-corrected chi connectivity index (χ0v) is 25.4. The lowest BCUT2D eigenvalue weighted by Gasteiger charge is -2.17. The topological polar surface area (TPSA) is 96.5 Å². The Morgan fingerprint density at radius 2 is 1.58 bits per heavy atom. The van der Waals surface area contributed by atoms with E-state index in [2.05, 4.69) is 16.0 Å². The Hall–Kier alpha value is -4.53. The zero-order chi connectivity index (χ0) is 30.6. The van der Waals surface area contributed by atoms with E-state index in [0.717, 1.165) is 4.90 Å². The second kappa shape index (κ2) is 15.6. The molecule has 4 rings (SSSR count). The molecule has 7 nitrogen and oxygen atoms in total. The monoisotopic (exact) mass is 613 g/mol. The van der Waals surface area contributed by atoms with Crippen LogP contribution in [0, 0.1) is 0 Å². The highest BCUT2D eigenvalue weighted by atomic mass is 35.5. The van der Waals surface area contributed by atoms with E-state index in [0.29, 0.717) is 46.3 Å². The summed E-state index contributed by atoms with van der Waals surface area (Å²) in [5.41, 5.74) is 2.31. The van der Waals surface area contributed by atoms with Crippen molar-refractivity contribution in [3.8, 4) is 5.75 Å². The van der Waals surface area contributed by atoms with Gasteiger partial charge in [-0.15, -0.1) is 11.8 Å². The number of hydrogen-bond donors (Lipinski definition) is 3. The van der Waals surface area contributed by atoms with Gasteiger partial charge in [-0.1, -0.05) is 67.1 Å². The van der Waals surface area contributed by atoms with Crippen LogP contribution in [0.2, 0.25) is 5.02 Å². The molecule has 0 aliphatic rings. The van der Waals surface area contributed by atoms with Crippen molar-refractivity contribution < 1.29 is 19.1 Å². The van der Waals surface area contributed by atoms with Crippen LogP contribution in [-0.2, 0) is 9.59 Å². The minimum atomic E-state index is -0.501. The van der Waals surface area contributed by atoms with E-state index in [1.807, 2.05) is 50.2 Å². The van der Waals surface area contributed by atoms with Gasteiger partial charge in [-0.2, -0.15) is 0 Å². The Balaban J connectivity index is 1.49. The number of para-hydroxylation sites is 2. The summed E-state index contributed by atoms with van der Waals surface area (Å²) >= 11 is 7.42. The van der Waals surface area contributed by atoms with Crippen LogP contribution in [0.25, 0.3) is 6.08 Å². The summed E-state index contributed by atoms with van der Waals surface area (Å²) in [6.07, 6.45) is 2.17. The highest BCUT2D eigenvalue weighted by Gasteiger charge is 2.20. The maximum Gasteiger partial charge on any atom is 0.272 e. The van der Waals surface area contributed by atoms with E-state index in [9.17, 15) is 14.4 Å². The summed E-state index contributed by atoms with van der Waals surface area (Å²) in [6, 6.07) is 30.1. The fourth-order valence-corrected chi connectivity index (χ4v) is 5.20. The van der Waals surface area contributed by atoms with E-state index in [-0.39, 0.29) is 16.9 Å². The van der Waals surface area contributed by atoms with Crippen molar-refractivity contribution in [3.63, 3.8) is 0 Å². The summed E-state index contributed by atoms with van der Waals surface area (Å²) in [6.45, 7) is 4.33. The third-order valence-electron chi connectivity index (χ3n) is 6.19. The molecule has 0 radical (unpaired) electrons. The van der Waals surface area contributed by atoms with Crippen LogP contribution in [0.3, 0.4) is 0 Å². The Kier molecular flexibility index (Phi) is 11.4. The van der Waals surface area contributed by atoms with Crippen LogP contribution >= 0.6 is 23.4 Å². The molecular weight excluding hydrogens is 582 g/mol. The van der Waals surface area contributed by atoms with Gasteiger partial charge >= 0.3 is 0 Å². The number of halogens is 1. The molecular formula is C34H32ClN3O4S. The van der Waals surface area contributed by atoms with Gasteiger partial charge in [0.2, 0.25) is 5.91 Å². The third kappa shape index (κ3) is 9.23. The van der Waals surface area contributed by atoms with Gasteiger partial charge in [0.25, 0.3) is 11.8 Å². The number of carbonyl (C=O) groups is 3. The second-order valence-electron chi connectivity index (χ2n) is 9.34. The summed E-state index contributed by atoms with van der Waals surface area (Å²) in [5, 5.41) is 8.76. The maximum absolute atomic E-state index is 13.4. The van der Waals surface area contributed by atoms with Crippen LogP contribution in [0.5, 0.6) is 5.75 Å². The highest BCUT2D eigenvalue weighted by Crippen LogP contribution is 2.30. The Labute approximate surface area is 260 Å². The van der Waals surface area contributed by atoms with Crippen LogP contribution in [0.4, 0.5) is 11.4 Å². The number of ether oxygens (including phenoxy) is 1. The summed E-state index contributed by atoms with van der Waals surface area (Å²) in [5.74, 6) is -0.447. The predicted molar refractivity (Wildman–Crippen MR) is 175 cm³/mol. The average molecular weight is 614 g/mol. The molecule has 43 heavy (non-hydrogen) atoms. The van der Waals surface area contributed by atoms with Gasteiger partial charge in [0.15, 0.2) is 0 Å². The molecule has 3 amide bonds. The SMILES string of the molecule is CCOc1ccccc1NC(=O)C(CC)Sc1cccc(NC(=O)/C(=C\c2ccc(Cl)cc2)NC(=O)c2ccccc2)c1. The van der Waals surface area contributed by atoms with Gasteiger partial charge in [0, 0.05) is 21.2 Å². The lowest BCUT2D eigenvalue weighted by Crippen LogP contribution is -2.30. The van der Waals surface area contributed by atoms with Crippen LogP contribution in [0.15, 0.2) is 114 Å². The first-order valence-corrected chi connectivity index (χ1v) is 15.1. The lowest BCUT2D eigenvalue weighted by molar-refractivity contribution is -0.116.